The van der Waals surface area contributed by atoms with Crippen molar-refractivity contribution >= 4 is 35.4 Å². The topological polar surface area (TPSA) is 178 Å². The maximum absolute atomic E-state index is 14.6. The zero-order valence-corrected chi connectivity index (χ0v) is 30.1. The van der Waals surface area contributed by atoms with Crippen LogP contribution in [-0.2, 0) is 22.4 Å². The zero-order chi connectivity index (χ0) is 38.4. The van der Waals surface area contributed by atoms with Crippen LogP contribution in [0.4, 0.5) is 21.0 Å². The molecule has 0 spiro atoms. The minimum Gasteiger partial charge on any atom is -0.465 e. The predicted molar refractivity (Wildman–Crippen MR) is 205 cm³/mol. The molecule has 282 valence electrons. The van der Waals surface area contributed by atoms with Crippen LogP contribution in [0.2, 0.25) is 0 Å². The molecule has 7 rings (SSSR count). The lowest BCUT2D eigenvalue weighted by Crippen LogP contribution is -2.67. The lowest BCUT2D eigenvalue weighted by atomic mass is 9.69. The summed E-state index contributed by atoms with van der Waals surface area (Å²) in [7, 11) is 0. The Hall–Kier alpha value is -6.50. The van der Waals surface area contributed by atoms with Gasteiger partial charge in [-0.15, -0.1) is 10.2 Å². The fraction of sp³-hybridized carbons (Fsp3) is 0.286. The van der Waals surface area contributed by atoms with E-state index in [9.17, 15) is 29.4 Å². The number of nitrogens with one attached hydrogen (secondary N) is 2. The highest BCUT2D eigenvalue weighted by atomic mass is 16.4. The molecule has 0 bridgehead atoms. The molecule has 2 saturated heterocycles. The van der Waals surface area contributed by atoms with Crippen molar-refractivity contribution < 1.29 is 33.8 Å². The summed E-state index contributed by atoms with van der Waals surface area (Å²) in [6, 6.07) is 32.5. The number of nitrogens with zero attached hydrogens (tertiary/aromatic N) is 4. The number of carbonyl (C=O) groups is 4. The van der Waals surface area contributed by atoms with Crippen molar-refractivity contribution in [2.45, 2.75) is 56.5 Å². The van der Waals surface area contributed by atoms with Gasteiger partial charge in [-0.2, -0.15) is 0 Å². The molecular weight excluding hydrogens is 700 g/mol. The van der Waals surface area contributed by atoms with E-state index in [0.29, 0.717) is 54.7 Å². The number of rotatable bonds is 10. The number of piperidine rings is 2. The number of hydrogen-bond donors (Lipinski definition) is 4. The highest BCUT2D eigenvalue weighted by Gasteiger charge is 2.54. The molecule has 2 aliphatic rings. The van der Waals surface area contributed by atoms with Crippen molar-refractivity contribution in [3.05, 3.63) is 120 Å². The largest absolute Gasteiger partial charge is 0.465 e. The Morgan fingerprint density at radius 1 is 0.673 bits per heavy atom. The van der Waals surface area contributed by atoms with Crippen LogP contribution in [0.5, 0.6) is 0 Å². The van der Waals surface area contributed by atoms with Gasteiger partial charge in [0, 0.05) is 42.0 Å². The van der Waals surface area contributed by atoms with Crippen LogP contribution < -0.4 is 10.6 Å². The Morgan fingerprint density at radius 3 is 1.84 bits per heavy atom. The van der Waals surface area contributed by atoms with Gasteiger partial charge in [-0.3, -0.25) is 19.4 Å². The average Bonchev–Trinajstić information content (AvgIpc) is 3.70. The van der Waals surface area contributed by atoms with Crippen LogP contribution in [0.1, 0.15) is 43.2 Å². The predicted octanol–water partition coefficient (Wildman–Crippen LogP) is 7.43. The summed E-state index contributed by atoms with van der Waals surface area (Å²) in [5.74, 6) is -0.520. The summed E-state index contributed by atoms with van der Waals surface area (Å²) in [6.45, 7) is 0.586. The first kappa shape index (κ1) is 36.8. The van der Waals surface area contributed by atoms with Crippen molar-refractivity contribution in [1.29, 1.82) is 0 Å². The molecule has 2 aliphatic heterocycles. The molecule has 4 N–H and O–H groups in total. The lowest BCUT2D eigenvalue weighted by Gasteiger charge is -2.50. The third kappa shape index (κ3) is 8.05. The Balaban J connectivity index is 1.07. The molecule has 1 aromatic heterocycles. The quantitative estimate of drug-likeness (QED) is 0.113. The van der Waals surface area contributed by atoms with Crippen LogP contribution in [0, 0.1) is 5.92 Å². The highest BCUT2D eigenvalue weighted by molar-refractivity contribution is 6.01. The normalized spacial score (nSPS) is 19.7. The zero-order valence-electron chi connectivity index (χ0n) is 30.1. The smallest absolute Gasteiger partial charge is 0.408 e. The van der Waals surface area contributed by atoms with Gasteiger partial charge in [0.1, 0.15) is 11.6 Å². The van der Waals surface area contributed by atoms with E-state index in [-0.39, 0.29) is 42.5 Å². The number of carbonyl (C=O) groups excluding carboxylic acids is 2. The first-order valence-electron chi connectivity index (χ1n) is 18.5. The van der Waals surface area contributed by atoms with Gasteiger partial charge < -0.3 is 25.3 Å². The molecule has 2 fully saturated rings. The van der Waals surface area contributed by atoms with Gasteiger partial charge in [0.25, 0.3) is 5.91 Å². The molecule has 4 amide bonds. The van der Waals surface area contributed by atoms with Crippen molar-refractivity contribution in [1.82, 2.24) is 20.0 Å². The van der Waals surface area contributed by atoms with Crippen LogP contribution in [0.15, 0.2) is 114 Å². The fourth-order valence-electron chi connectivity index (χ4n) is 7.87. The SMILES string of the molecule is O=C(Nc1ccc(-c2nnc(-c3ccc(NC(=O)[C@]4(Cc5ccccc5)C(Cc5ccccc5)CCCN4C(=O)O)cc3)o2)cc1)[C@@H]1CCCCN1C(=O)O. The summed E-state index contributed by atoms with van der Waals surface area (Å²) in [5.41, 5.74) is 2.79. The van der Waals surface area contributed by atoms with Gasteiger partial charge in [0.15, 0.2) is 0 Å². The Labute approximate surface area is 318 Å². The number of benzene rings is 4. The van der Waals surface area contributed by atoms with Gasteiger partial charge in [-0.25, -0.2) is 9.59 Å². The van der Waals surface area contributed by atoms with E-state index in [1.54, 1.807) is 48.5 Å². The van der Waals surface area contributed by atoms with Crippen molar-refractivity contribution in [2.75, 3.05) is 23.7 Å². The number of amides is 4. The van der Waals surface area contributed by atoms with Gasteiger partial charge in [0.05, 0.1) is 0 Å². The molecule has 0 aliphatic carbocycles. The van der Waals surface area contributed by atoms with Gasteiger partial charge in [0.2, 0.25) is 17.7 Å². The number of aromatic nitrogens is 2. The maximum Gasteiger partial charge on any atom is 0.408 e. The van der Waals surface area contributed by atoms with E-state index in [2.05, 4.69) is 20.8 Å². The summed E-state index contributed by atoms with van der Waals surface area (Å²) in [4.78, 5) is 54.5. The van der Waals surface area contributed by atoms with E-state index in [0.717, 1.165) is 24.0 Å². The molecule has 3 atom stereocenters. The van der Waals surface area contributed by atoms with Crippen molar-refractivity contribution in [3.8, 4) is 22.9 Å². The molecule has 1 unspecified atom stereocenters. The third-order valence-corrected chi connectivity index (χ3v) is 10.6. The van der Waals surface area contributed by atoms with Crippen molar-refractivity contribution in [3.63, 3.8) is 0 Å². The summed E-state index contributed by atoms with van der Waals surface area (Å²) in [6.07, 6.45) is 1.89. The molecule has 13 nitrogen and oxygen atoms in total. The third-order valence-electron chi connectivity index (χ3n) is 10.6. The van der Waals surface area contributed by atoms with Crippen LogP contribution in [0.3, 0.4) is 0 Å². The van der Waals surface area contributed by atoms with E-state index >= 15 is 0 Å². The average molecular weight is 743 g/mol. The monoisotopic (exact) mass is 742 g/mol. The van der Waals surface area contributed by atoms with Crippen LogP contribution >= 0.6 is 0 Å². The van der Waals surface area contributed by atoms with Crippen LogP contribution in [-0.4, -0.2) is 78.9 Å². The molecule has 0 saturated carbocycles. The highest BCUT2D eigenvalue weighted by Crippen LogP contribution is 2.40. The van der Waals surface area contributed by atoms with Crippen molar-refractivity contribution in [2.24, 2.45) is 5.92 Å². The Morgan fingerprint density at radius 2 is 1.25 bits per heavy atom. The second-order valence-electron chi connectivity index (χ2n) is 14.0. The Kier molecular flexibility index (Phi) is 10.9. The van der Waals surface area contributed by atoms with Gasteiger partial charge in [-0.1, -0.05) is 60.7 Å². The van der Waals surface area contributed by atoms with Gasteiger partial charge in [-0.05, 0) is 104 Å². The molecule has 5 aromatic rings. The minimum atomic E-state index is -1.37. The number of anilines is 2. The molecule has 3 heterocycles. The molecule has 0 radical (unpaired) electrons. The fourth-order valence-corrected chi connectivity index (χ4v) is 7.87. The van der Waals surface area contributed by atoms with Gasteiger partial charge >= 0.3 is 12.2 Å². The first-order valence-corrected chi connectivity index (χ1v) is 18.5. The van der Waals surface area contributed by atoms with Crippen LogP contribution in [0.25, 0.3) is 22.9 Å². The Bertz CT molecular complexity index is 2130. The summed E-state index contributed by atoms with van der Waals surface area (Å²) in [5, 5.41) is 34.3. The lowest BCUT2D eigenvalue weighted by molar-refractivity contribution is -0.133. The number of carboxylic acid groups (broad SMARTS) is 2. The number of likely N-dealkylation sites (tertiary alicyclic amines) is 2. The minimum absolute atomic E-state index is 0.226. The molecule has 55 heavy (non-hydrogen) atoms. The maximum atomic E-state index is 14.6. The summed E-state index contributed by atoms with van der Waals surface area (Å²) >= 11 is 0. The first-order chi connectivity index (χ1) is 26.7. The summed E-state index contributed by atoms with van der Waals surface area (Å²) < 4.78 is 5.98. The molecular formula is C42H42N6O7. The standard InChI is InChI=1S/C42H42N6O7/c49-36(35-15-7-8-24-47(35)40(51)52)43-33-20-16-30(17-21-33)37-45-46-38(55-37)31-18-22-34(23-19-31)44-39(50)42(27-29-12-5-2-6-13-29)32(14-9-25-48(42)41(53)54)26-28-10-3-1-4-11-28/h1-6,10-13,16-23,32,35H,7-9,14-15,24-27H2,(H,43,49)(H,44,50)(H,51,52)(H,53,54)/t32?,35-,42-/m0/s1. The molecule has 4 aromatic carbocycles. The van der Waals surface area contributed by atoms with E-state index in [4.69, 9.17) is 4.42 Å². The van der Waals surface area contributed by atoms with E-state index in [1.165, 1.54) is 9.80 Å². The van der Waals surface area contributed by atoms with E-state index in [1.807, 2.05) is 60.7 Å². The number of hydrogen-bond acceptors (Lipinski definition) is 7. The second-order valence-corrected chi connectivity index (χ2v) is 14.0. The molecule has 13 heteroatoms. The van der Waals surface area contributed by atoms with E-state index < -0.39 is 23.8 Å². The second kappa shape index (κ2) is 16.3.